The van der Waals surface area contributed by atoms with Gasteiger partial charge in [-0.1, -0.05) is 30.3 Å². The first kappa shape index (κ1) is 19.1. The van der Waals surface area contributed by atoms with E-state index in [0.29, 0.717) is 49.8 Å². The highest BCUT2D eigenvalue weighted by atomic mass is 16.5. The Kier molecular flexibility index (Phi) is 4.46. The molecule has 1 spiro atoms. The third-order valence-electron chi connectivity index (χ3n) is 6.39. The molecule has 1 aromatic carbocycles. The van der Waals surface area contributed by atoms with Crippen LogP contribution < -0.4 is 0 Å². The Morgan fingerprint density at radius 1 is 1.03 bits per heavy atom. The zero-order valence-corrected chi connectivity index (χ0v) is 17.5. The minimum Gasteiger partial charge on any atom is -0.368 e. The zero-order valence-electron chi connectivity index (χ0n) is 17.5. The number of benzene rings is 1. The normalized spacial score (nSPS) is 17.4. The fourth-order valence-electron chi connectivity index (χ4n) is 4.68. The quantitative estimate of drug-likeness (QED) is 0.490. The Morgan fingerprint density at radius 3 is 2.69 bits per heavy atom. The van der Waals surface area contributed by atoms with Crippen molar-refractivity contribution in [2.75, 3.05) is 19.7 Å². The van der Waals surface area contributed by atoms with E-state index in [4.69, 9.17) is 9.72 Å². The lowest BCUT2D eigenvalue weighted by molar-refractivity contribution is -0.0967. The molecule has 1 amide bonds. The fraction of sp³-hybridized carbons (Fsp3) is 0.292. The Hall–Kier alpha value is -3.65. The minimum absolute atomic E-state index is 0.0750. The molecule has 0 aliphatic carbocycles. The Morgan fingerprint density at radius 2 is 1.88 bits per heavy atom. The number of aromatic nitrogens is 5. The summed E-state index contributed by atoms with van der Waals surface area (Å²) < 4.78 is 8.11. The maximum absolute atomic E-state index is 13.1. The van der Waals surface area contributed by atoms with Gasteiger partial charge in [-0.2, -0.15) is 0 Å². The molecule has 4 aromatic rings. The van der Waals surface area contributed by atoms with Gasteiger partial charge in [0.05, 0.1) is 12.3 Å². The van der Waals surface area contributed by atoms with Gasteiger partial charge in [-0.3, -0.25) is 9.20 Å². The fourth-order valence-corrected chi connectivity index (χ4v) is 4.68. The number of piperidine rings is 1. The average Bonchev–Trinajstić information content (AvgIpc) is 3.29. The highest BCUT2D eigenvalue weighted by Gasteiger charge is 2.43. The summed E-state index contributed by atoms with van der Waals surface area (Å²) in [7, 11) is 0. The predicted molar refractivity (Wildman–Crippen MR) is 117 cm³/mol. The number of fused-ring (bicyclic) bond motifs is 3. The highest BCUT2D eigenvalue weighted by Crippen LogP contribution is 2.41. The standard InChI is InChI=1S/C24H22N6O2/c31-22(19-16-30-11-4-10-25-23(30)27-19)29-12-8-24(9-13-29)20-18(7-14-32-24)15-26-21(28-20)17-5-2-1-3-6-17/h1-6,10-11,15-16H,7-9,12-14H2. The summed E-state index contributed by atoms with van der Waals surface area (Å²) in [6.45, 7) is 1.82. The molecule has 2 aliphatic heterocycles. The number of hydrogen-bond donors (Lipinski definition) is 0. The summed E-state index contributed by atoms with van der Waals surface area (Å²) in [5.74, 6) is 1.16. The van der Waals surface area contributed by atoms with E-state index >= 15 is 0 Å². The van der Waals surface area contributed by atoms with Crippen LogP contribution in [0.15, 0.2) is 61.2 Å². The number of amides is 1. The van der Waals surface area contributed by atoms with E-state index in [0.717, 1.165) is 23.2 Å². The number of imidazole rings is 1. The molecular weight excluding hydrogens is 404 g/mol. The van der Waals surface area contributed by atoms with Gasteiger partial charge in [0, 0.05) is 43.4 Å². The summed E-state index contributed by atoms with van der Waals surface area (Å²) in [6.07, 6.45) is 9.39. The van der Waals surface area contributed by atoms with Crippen molar-refractivity contribution in [3.8, 4) is 11.4 Å². The van der Waals surface area contributed by atoms with Crippen LogP contribution in [0.5, 0.6) is 0 Å². The number of hydrogen-bond acceptors (Lipinski definition) is 6. The van der Waals surface area contributed by atoms with E-state index in [2.05, 4.69) is 15.0 Å². The Bertz CT molecular complexity index is 1260. The second-order valence-electron chi connectivity index (χ2n) is 8.27. The Labute approximate surface area is 184 Å². The van der Waals surface area contributed by atoms with Crippen LogP contribution in [0.2, 0.25) is 0 Å². The molecule has 3 aromatic heterocycles. The SMILES string of the molecule is O=C(c1cn2cccnc2n1)N1CCC2(CC1)OCCc1cnc(-c3ccccc3)nc12. The van der Waals surface area contributed by atoms with E-state index in [-0.39, 0.29) is 5.91 Å². The van der Waals surface area contributed by atoms with Crippen molar-refractivity contribution in [2.45, 2.75) is 24.9 Å². The minimum atomic E-state index is -0.475. The zero-order chi connectivity index (χ0) is 21.5. The second kappa shape index (κ2) is 7.49. The van der Waals surface area contributed by atoms with Crippen LogP contribution in [-0.2, 0) is 16.8 Å². The van der Waals surface area contributed by atoms with Gasteiger partial charge in [0.1, 0.15) is 11.3 Å². The van der Waals surface area contributed by atoms with Crippen molar-refractivity contribution in [3.63, 3.8) is 0 Å². The monoisotopic (exact) mass is 426 g/mol. The number of ether oxygens (including phenoxy) is 1. The molecule has 8 nitrogen and oxygen atoms in total. The van der Waals surface area contributed by atoms with Crippen molar-refractivity contribution in [2.24, 2.45) is 0 Å². The number of carbonyl (C=O) groups is 1. The number of likely N-dealkylation sites (tertiary alicyclic amines) is 1. The molecule has 1 fully saturated rings. The molecule has 6 rings (SSSR count). The van der Waals surface area contributed by atoms with Gasteiger partial charge in [0.25, 0.3) is 5.91 Å². The number of rotatable bonds is 2. The van der Waals surface area contributed by atoms with Crippen LogP contribution in [-0.4, -0.2) is 54.8 Å². The van der Waals surface area contributed by atoms with Gasteiger partial charge in [-0.05, 0) is 30.9 Å². The van der Waals surface area contributed by atoms with Crippen LogP contribution in [0.4, 0.5) is 0 Å². The molecular formula is C24H22N6O2. The first-order chi connectivity index (χ1) is 15.7. The largest absolute Gasteiger partial charge is 0.368 e. The number of carbonyl (C=O) groups excluding carboxylic acids is 1. The first-order valence-corrected chi connectivity index (χ1v) is 10.9. The molecule has 0 radical (unpaired) electrons. The molecule has 5 heterocycles. The van der Waals surface area contributed by atoms with Gasteiger partial charge in [-0.15, -0.1) is 0 Å². The van der Waals surface area contributed by atoms with Gasteiger partial charge in [-0.25, -0.2) is 19.9 Å². The number of nitrogens with zero attached hydrogens (tertiary/aromatic N) is 6. The first-order valence-electron chi connectivity index (χ1n) is 10.9. The van der Waals surface area contributed by atoms with Gasteiger partial charge in [0.2, 0.25) is 5.78 Å². The third-order valence-corrected chi connectivity index (χ3v) is 6.39. The Balaban J connectivity index is 1.26. The van der Waals surface area contributed by atoms with Crippen molar-refractivity contribution < 1.29 is 9.53 Å². The molecule has 0 saturated carbocycles. The summed E-state index contributed by atoms with van der Waals surface area (Å²) in [5.41, 5.74) is 3.04. The molecule has 0 N–H and O–H groups in total. The van der Waals surface area contributed by atoms with E-state index in [1.807, 2.05) is 53.7 Å². The molecule has 0 unspecified atom stereocenters. The maximum atomic E-state index is 13.1. The summed E-state index contributed by atoms with van der Waals surface area (Å²) in [4.78, 5) is 33.1. The summed E-state index contributed by atoms with van der Waals surface area (Å²) in [6, 6.07) is 11.8. The molecule has 0 atom stereocenters. The van der Waals surface area contributed by atoms with Crippen molar-refractivity contribution >= 4 is 11.7 Å². The molecule has 32 heavy (non-hydrogen) atoms. The van der Waals surface area contributed by atoms with Crippen molar-refractivity contribution in [1.29, 1.82) is 0 Å². The van der Waals surface area contributed by atoms with E-state index in [1.165, 1.54) is 0 Å². The van der Waals surface area contributed by atoms with Crippen LogP contribution in [0, 0.1) is 0 Å². The van der Waals surface area contributed by atoms with Crippen LogP contribution in [0.25, 0.3) is 17.2 Å². The molecule has 1 saturated heterocycles. The van der Waals surface area contributed by atoms with Gasteiger partial charge in [0.15, 0.2) is 5.82 Å². The van der Waals surface area contributed by atoms with Crippen LogP contribution >= 0.6 is 0 Å². The van der Waals surface area contributed by atoms with Gasteiger partial charge >= 0.3 is 0 Å². The van der Waals surface area contributed by atoms with Crippen LogP contribution in [0.1, 0.15) is 34.6 Å². The lowest BCUT2D eigenvalue weighted by Gasteiger charge is -2.44. The molecule has 8 heteroatoms. The molecule has 160 valence electrons. The summed E-state index contributed by atoms with van der Waals surface area (Å²) >= 11 is 0. The lowest BCUT2D eigenvalue weighted by Crippen LogP contribution is -2.49. The maximum Gasteiger partial charge on any atom is 0.274 e. The predicted octanol–water partition coefficient (Wildman–Crippen LogP) is 2.89. The second-order valence-corrected chi connectivity index (χ2v) is 8.27. The van der Waals surface area contributed by atoms with E-state index < -0.39 is 5.60 Å². The smallest absolute Gasteiger partial charge is 0.274 e. The lowest BCUT2D eigenvalue weighted by atomic mass is 9.83. The third kappa shape index (κ3) is 3.15. The van der Waals surface area contributed by atoms with Gasteiger partial charge < -0.3 is 9.64 Å². The van der Waals surface area contributed by atoms with Crippen molar-refractivity contribution in [3.05, 3.63) is 78.1 Å². The average molecular weight is 426 g/mol. The molecule has 0 bridgehead atoms. The van der Waals surface area contributed by atoms with E-state index in [9.17, 15) is 4.79 Å². The van der Waals surface area contributed by atoms with Crippen molar-refractivity contribution in [1.82, 2.24) is 29.2 Å². The topological polar surface area (TPSA) is 85.5 Å². The summed E-state index contributed by atoms with van der Waals surface area (Å²) in [5, 5.41) is 0. The molecule has 2 aliphatic rings. The van der Waals surface area contributed by atoms with Crippen LogP contribution in [0.3, 0.4) is 0 Å². The highest BCUT2D eigenvalue weighted by molar-refractivity contribution is 5.92. The van der Waals surface area contributed by atoms with E-state index in [1.54, 1.807) is 16.8 Å².